The summed E-state index contributed by atoms with van der Waals surface area (Å²) in [5.41, 5.74) is 6.42. The average Bonchev–Trinajstić information content (AvgIpc) is 2.71. The van der Waals surface area contributed by atoms with E-state index in [9.17, 15) is 9.59 Å². The summed E-state index contributed by atoms with van der Waals surface area (Å²) in [6, 6.07) is 22.2. The molecule has 1 aliphatic rings. The highest BCUT2D eigenvalue weighted by Crippen LogP contribution is 2.33. The zero-order chi connectivity index (χ0) is 19.7. The monoisotopic (exact) mass is 435 g/mol. The number of hydrogen-bond donors (Lipinski definition) is 2. The summed E-state index contributed by atoms with van der Waals surface area (Å²) in [6.07, 6.45) is -0.517. The van der Waals surface area contributed by atoms with Gasteiger partial charge in [0, 0.05) is 15.7 Å². The van der Waals surface area contributed by atoms with Crippen LogP contribution in [0.5, 0.6) is 0 Å². The van der Waals surface area contributed by atoms with E-state index in [0.29, 0.717) is 11.1 Å². The van der Waals surface area contributed by atoms with Crippen LogP contribution in [0.1, 0.15) is 38.0 Å². The van der Waals surface area contributed by atoms with Crippen molar-refractivity contribution in [3.63, 3.8) is 0 Å². The second-order valence-electron chi connectivity index (χ2n) is 6.63. The van der Waals surface area contributed by atoms with Crippen LogP contribution in [0.25, 0.3) is 0 Å². The molecule has 2 amide bonds. The number of fused-ring (bicyclic) bond motifs is 1. The maximum atomic E-state index is 13.2. The molecule has 140 valence electrons. The number of nitrogens with one attached hydrogen (secondary N) is 2. The highest BCUT2D eigenvalue weighted by Gasteiger charge is 2.34. The van der Waals surface area contributed by atoms with Crippen molar-refractivity contribution in [1.82, 2.24) is 10.4 Å². The lowest BCUT2D eigenvalue weighted by atomic mass is 10.0. The van der Waals surface area contributed by atoms with Gasteiger partial charge in [-0.15, -0.1) is 0 Å². The number of hydrazine groups is 1. The molecule has 28 heavy (non-hydrogen) atoms. The number of rotatable bonds is 3. The Morgan fingerprint density at radius 2 is 1.75 bits per heavy atom. The van der Waals surface area contributed by atoms with E-state index in [4.69, 9.17) is 0 Å². The van der Waals surface area contributed by atoms with Crippen molar-refractivity contribution in [3.05, 3.63) is 99.5 Å². The average molecular weight is 436 g/mol. The first-order valence-corrected chi connectivity index (χ1v) is 9.64. The van der Waals surface area contributed by atoms with E-state index in [0.717, 1.165) is 21.3 Å². The van der Waals surface area contributed by atoms with Gasteiger partial charge < -0.3 is 5.32 Å². The third-order valence-electron chi connectivity index (χ3n) is 4.63. The quantitative estimate of drug-likeness (QED) is 0.628. The summed E-state index contributed by atoms with van der Waals surface area (Å²) in [5.74, 6) is -0.612. The molecule has 0 spiro atoms. The van der Waals surface area contributed by atoms with Crippen LogP contribution < -0.4 is 10.7 Å². The van der Waals surface area contributed by atoms with E-state index in [1.54, 1.807) is 18.2 Å². The number of carbonyl (C=O) groups is 2. The van der Waals surface area contributed by atoms with Crippen molar-refractivity contribution in [2.75, 3.05) is 5.32 Å². The molecule has 0 aromatic heterocycles. The first-order valence-electron chi connectivity index (χ1n) is 8.85. The lowest BCUT2D eigenvalue weighted by molar-refractivity contribution is 0.0491. The van der Waals surface area contributed by atoms with Crippen LogP contribution in [-0.2, 0) is 0 Å². The van der Waals surface area contributed by atoms with E-state index >= 15 is 0 Å². The maximum absolute atomic E-state index is 13.2. The van der Waals surface area contributed by atoms with Gasteiger partial charge in [-0.2, -0.15) is 0 Å². The van der Waals surface area contributed by atoms with Crippen LogP contribution in [-0.4, -0.2) is 16.8 Å². The Hall–Kier alpha value is -3.12. The van der Waals surface area contributed by atoms with Crippen molar-refractivity contribution in [1.29, 1.82) is 0 Å². The molecule has 0 fully saturated rings. The lowest BCUT2D eigenvalue weighted by Crippen LogP contribution is -2.52. The van der Waals surface area contributed by atoms with Gasteiger partial charge in [-0.05, 0) is 42.8 Å². The zero-order valence-corrected chi connectivity index (χ0v) is 16.7. The molecular formula is C22H18BrN3O2. The van der Waals surface area contributed by atoms with E-state index in [1.807, 2.05) is 61.5 Å². The molecule has 1 unspecified atom stereocenters. The molecule has 0 radical (unpaired) electrons. The Balaban J connectivity index is 1.71. The minimum atomic E-state index is -0.517. The van der Waals surface area contributed by atoms with Gasteiger partial charge in [-0.25, -0.2) is 5.01 Å². The Morgan fingerprint density at radius 1 is 1.04 bits per heavy atom. The molecule has 0 aliphatic carbocycles. The van der Waals surface area contributed by atoms with Crippen molar-refractivity contribution in [3.8, 4) is 0 Å². The molecule has 6 heteroatoms. The number of halogens is 1. The topological polar surface area (TPSA) is 61.4 Å². The summed E-state index contributed by atoms with van der Waals surface area (Å²) in [5, 5.41) is 4.71. The van der Waals surface area contributed by atoms with Crippen molar-refractivity contribution < 1.29 is 9.59 Å². The standard InChI is InChI=1S/C22H18BrN3O2/c1-14-7-9-16(10-8-14)21(27)25-26-20(15-5-3-2-4-6-15)24-19-12-11-17(23)13-18(19)22(26)28/h2-13,20,24H,1H3,(H,25,27). The zero-order valence-electron chi connectivity index (χ0n) is 15.1. The molecular weight excluding hydrogens is 418 g/mol. The van der Waals surface area contributed by atoms with Gasteiger partial charge in [0.25, 0.3) is 11.8 Å². The third-order valence-corrected chi connectivity index (χ3v) is 5.13. The van der Waals surface area contributed by atoms with Gasteiger partial charge in [-0.1, -0.05) is 64.0 Å². The highest BCUT2D eigenvalue weighted by atomic mass is 79.9. The number of amides is 2. The fourth-order valence-electron chi connectivity index (χ4n) is 3.14. The summed E-state index contributed by atoms with van der Waals surface area (Å²) in [7, 11) is 0. The number of nitrogens with zero attached hydrogens (tertiary/aromatic N) is 1. The van der Waals surface area contributed by atoms with Crippen LogP contribution in [0.15, 0.2) is 77.3 Å². The minimum absolute atomic E-state index is 0.274. The number of hydrogen-bond acceptors (Lipinski definition) is 3. The number of carbonyl (C=O) groups excluding carboxylic acids is 2. The largest absolute Gasteiger partial charge is 0.359 e. The van der Waals surface area contributed by atoms with Gasteiger partial charge in [0.15, 0.2) is 0 Å². The molecule has 3 aromatic carbocycles. The molecule has 0 bridgehead atoms. The summed E-state index contributed by atoms with van der Waals surface area (Å²) in [4.78, 5) is 26.0. The van der Waals surface area contributed by atoms with E-state index in [1.165, 1.54) is 5.01 Å². The number of anilines is 1. The Labute approximate surface area is 171 Å². The van der Waals surface area contributed by atoms with Gasteiger partial charge >= 0.3 is 0 Å². The Bertz CT molecular complexity index is 1040. The first kappa shape index (κ1) is 18.3. The smallest absolute Gasteiger partial charge is 0.276 e. The van der Waals surface area contributed by atoms with Crippen LogP contribution in [0.2, 0.25) is 0 Å². The molecule has 4 rings (SSSR count). The fraction of sp³-hybridized carbons (Fsp3) is 0.0909. The van der Waals surface area contributed by atoms with Crippen LogP contribution >= 0.6 is 15.9 Å². The highest BCUT2D eigenvalue weighted by molar-refractivity contribution is 9.10. The summed E-state index contributed by atoms with van der Waals surface area (Å²) < 4.78 is 0.796. The summed E-state index contributed by atoms with van der Waals surface area (Å²) >= 11 is 3.41. The minimum Gasteiger partial charge on any atom is -0.359 e. The van der Waals surface area contributed by atoms with Crippen molar-refractivity contribution in [2.45, 2.75) is 13.1 Å². The molecule has 1 atom stereocenters. The van der Waals surface area contributed by atoms with E-state index in [-0.39, 0.29) is 11.8 Å². The van der Waals surface area contributed by atoms with Gasteiger partial charge in [0.2, 0.25) is 0 Å². The van der Waals surface area contributed by atoms with Gasteiger partial charge in [-0.3, -0.25) is 15.0 Å². The van der Waals surface area contributed by atoms with E-state index < -0.39 is 6.17 Å². The second-order valence-corrected chi connectivity index (χ2v) is 7.55. The number of benzene rings is 3. The summed E-state index contributed by atoms with van der Waals surface area (Å²) in [6.45, 7) is 1.96. The van der Waals surface area contributed by atoms with Crippen LogP contribution in [0, 0.1) is 6.92 Å². The third kappa shape index (κ3) is 3.51. The molecule has 1 aliphatic heterocycles. The SMILES string of the molecule is Cc1ccc(C(=O)NN2C(=O)c3cc(Br)ccc3NC2c2ccccc2)cc1. The molecule has 3 aromatic rings. The maximum Gasteiger partial charge on any atom is 0.276 e. The first-order chi connectivity index (χ1) is 13.5. The second kappa shape index (κ2) is 7.48. The molecule has 0 saturated carbocycles. The Kier molecular flexibility index (Phi) is 4.88. The van der Waals surface area contributed by atoms with Crippen LogP contribution in [0.3, 0.4) is 0 Å². The molecule has 2 N–H and O–H groups in total. The number of aryl methyl sites for hydroxylation is 1. The predicted molar refractivity (Wildman–Crippen MR) is 112 cm³/mol. The fourth-order valence-corrected chi connectivity index (χ4v) is 3.50. The van der Waals surface area contributed by atoms with Crippen LogP contribution in [0.4, 0.5) is 5.69 Å². The molecule has 1 heterocycles. The molecule has 5 nitrogen and oxygen atoms in total. The van der Waals surface area contributed by atoms with Crippen molar-refractivity contribution in [2.24, 2.45) is 0 Å². The van der Waals surface area contributed by atoms with E-state index in [2.05, 4.69) is 26.7 Å². The predicted octanol–water partition coefficient (Wildman–Crippen LogP) is 4.67. The lowest BCUT2D eigenvalue weighted by Gasteiger charge is -2.37. The molecule has 0 saturated heterocycles. The van der Waals surface area contributed by atoms with Gasteiger partial charge in [0.1, 0.15) is 6.17 Å². The Morgan fingerprint density at radius 3 is 2.46 bits per heavy atom. The van der Waals surface area contributed by atoms with Crippen molar-refractivity contribution >= 4 is 33.4 Å². The van der Waals surface area contributed by atoms with Gasteiger partial charge in [0.05, 0.1) is 5.56 Å². The normalized spacial score (nSPS) is 15.6.